The van der Waals surface area contributed by atoms with E-state index in [1.807, 2.05) is 0 Å². The number of fused-ring (bicyclic) bond motifs is 1. The Kier molecular flexibility index (Phi) is 13.6. The maximum atomic E-state index is 13.4. The van der Waals surface area contributed by atoms with Gasteiger partial charge in [0.05, 0.1) is 41.2 Å². The molecule has 4 aromatic rings. The van der Waals surface area contributed by atoms with Gasteiger partial charge < -0.3 is 9.50 Å². The Labute approximate surface area is 304 Å². The number of carbonyl (C=O) groups excluding carboxylic acids is 1. The summed E-state index contributed by atoms with van der Waals surface area (Å²) >= 11 is -1.39. The van der Waals surface area contributed by atoms with E-state index in [1.54, 1.807) is 0 Å². The first-order valence-corrected chi connectivity index (χ1v) is 18.9. The molecule has 1 N–H and O–H groups in total. The smallest absolute Gasteiger partial charge is 0.374 e. The molecule has 13 nitrogen and oxygen atoms in total. The summed E-state index contributed by atoms with van der Waals surface area (Å²) in [6, 6.07) is 10.7. The summed E-state index contributed by atoms with van der Waals surface area (Å²) in [6.45, 7) is 0. The fraction of sp³-hybridized carbons (Fsp3) is 0.259. The van der Waals surface area contributed by atoms with Crippen molar-refractivity contribution in [2.24, 2.45) is 0 Å². The molecule has 27 heteroatoms. The number of pyridine rings is 1. The highest BCUT2D eigenvalue weighted by Crippen LogP contribution is 2.43. The second kappa shape index (κ2) is 16.1. The van der Waals surface area contributed by atoms with Crippen molar-refractivity contribution in [2.45, 2.75) is 24.0 Å². The van der Waals surface area contributed by atoms with Crippen molar-refractivity contribution in [3.63, 3.8) is 0 Å². The molecular formula is C27H25F10N5O8S4. The van der Waals surface area contributed by atoms with Crippen LogP contribution in [-0.2, 0) is 30.2 Å². The highest BCUT2D eigenvalue weighted by Gasteiger charge is 2.54. The maximum Gasteiger partial charge on any atom is 0.534 e. The molecule has 0 bridgehead atoms. The average molecular weight is 866 g/mol. The molecular weight excluding hydrogens is 841 g/mol. The number of amides is 1. The summed E-state index contributed by atoms with van der Waals surface area (Å²) in [5, 5.41) is 6.50. The molecule has 0 aliphatic rings. The van der Waals surface area contributed by atoms with Crippen molar-refractivity contribution in [3.05, 3.63) is 78.2 Å². The number of nitrogens with one attached hydrogen (secondary N) is 1. The van der Waals surface area contributed by atoms with Crippen LogP contribution >= 0.6 is 11.9 Å². The second-order valence-electron chi connectivity index (χ2n) is 9.93. The van der Waals surface area contributed by atoms with Crippen molar-refractivity contribution in [2.75, 3.05) is 28.4 Å². The van der Waals surface area contributed by atoms with E-state index < -0.39 is 91.2 Å². The molecule has 0 saturated heterocycles. The lowest BCUT2D eigenvalue weighted by atomic mass is 10.1. The lowest BCUT2D eigenvalue weighted by Gasteiger charge is -2.24. The first-order valence-electron chi connectivity index (χ1n) is 13.4. The van der Waals surface area contributed by atoms with Crippen LogP contribution in [0, 0.1) is 5.82 Å². The van der Waals surface area contributed by atoms with Crippen molar-refractivity contribution in [1.29, 1.82) is 0 Å². The fourth-order valence-electron chi connectivity index (χ4n) is 3.85. The lowest BCUT2D eigenvalue weighted by molar-refractivity contribution is -0.0500. The number of hydrogen-bond donors (Lipinski definition) is 1. The van der Waals surface area contributed by atoms with Gasteiger partial charge in [-0.2, -0.15) is 65.2 Å². The fourth-order valence-corrected chi connectivity index (χ4v) is 6.71. The Hall–Kier alpha value is -4.50. The van der Waals surface area contributed by atoms with Crippen molar-refractivity contribution in [1.82, 2.24) is 14.9 Å². The third-order valence-electron chi connectivity index (χ3n) is 6.27. The van der Waals surface area contributed by atoms with E-state index in [1.165, 1.54) is 25.2 Å². The van der Waals surface area contributed by atoms with E-state index in [4.69, 9.17) is 0 Å². The Morgan fingerprint density at radius 3 is 1.85 bits per heavy atom. The predicted octanol–water partition coefficient (Wildman–Crippen LogP) is 6.27. The zero-order chi connectivity index (χ0) is 40.5. The largest absolute Gasteiger partial charge is 0.534 e. The van der Waals surface area contributed by atoms with Gasteiger partial charge in [-0.25, -0.2) is 17.3 Å². The van der Waals surface area contributed by atoms with E-state index in [9.17, 15) is 74.0 Å². The van der Waals surface area contributed by atoms with Gasteiger partial charge in [0.15, 0.2) is 5.75 Å². The topological polar surface area (TPSA) is 165 Å². The van der Waals surface area contributed by atoms with Crippen molar-refractivity contribution in [3.8, 4) is 17.0 Å². The van der Waals surface area contributed by atoms with E-state index in [0.717, 1.165) is 66.5 Å². The van der Waals surface area contributed by atoms with Gasteiger partial charge in [0.25, 0.3) is 5.91 Å². The minimum atomic E-state index is -6.20. The van der Waals surface area contributed by atoms with Gasteiger partial charge in [-0.15, -0.1) is 0 Å². The van der Waals surface area contributed by atoms with Crippen LogP contribution in [-0.4, -0.2) is 77.7 Å². The van der Waals surface area contributed by atoms with E-state index in [-0.39, 0.29) is 29.8 Å². The number of nitrogens with zero attached hydrogens (tertiary/aromatic N) is 4. The first-order chi connectivity index (χ1) is 24.0. The van der Waals surface area contributed by atoms with E-state index in [2.05, 4.69) is 14.6 Å². The minimum Gasteiger partial charge on any atom is -0.374 e. The molecule has 0 aliphatic carbocycles. The average Bonchev–Trinajstić information content (AvgIpc) is 3.39. The molecule has 0 aliphatic heterocycles. The molecule has 2 heterocycles. The molecule has 4 rings (SSSR count). The summed E-state index contributed by atoms with van der Waals surface area (Å²) in [4.78, 5) is 12.6. The molecule has 0 saturated carbocycles. The summed E-state index contributed by atoms with van der Waals surface area (Å²) in [5.41, 5.74) is -18.4. The van der Waals surface area contributed by atoms with Gasteiger partial charge in [0, 0.05) is 25.7 Å². The quantitative estimate of drug-likeness (QED) is 0.0878. The SMILES string of the molecule is C.CNC(=O)c1c(-c2ccc(F)cc2)nn2cc(N(C)S(C)(=O)=O)c(OS(=O)(=O)C(F)(F)F)cc12.O=S(=O)(N(SC(F)(F)F)c1ccccc1)C(F)(F)F. The first kappa shape index (κ1) is 45.7. The van der Waals surface area contributed by atoms with Crippen LogP contribution in [0.4, 0.5) is 55.3 Å². The monoisotopic (exact) mass is 865 g/mol. The predicted molar refractivity (Wildman–Crippen MR) is 177 cm³/mol. The molecule has 0 unspecified atom stereocenters. The minimum absolute atomic E-state index is 0. The van der Waals surface area contributed by atoms with Gasteiger partial charge >= 0.3 is 36.7 Å². The Bertz CT molecular complexity index is 2300. The highest BCUT2D eigenvalue weighted by atomic mass is 32.3. The summed E-state index contributed by atoms with van der Waals surface area (Å²) in [6.07, 6.45) is 1.61. The zero-order valence-electron chi connectivity index (χ0n) is 26.3. The third kappa shape index (κ3) is 10.4. The third-order valence-corrected chi connectivity index (χ3v) is 11.1. The second-order valence-corrected chi connectivity index (χ2v) is 16.5. The molecule has 2 aromatic carbocycles. The van der Waals surface area contributed by atoms with Crippen LogP contribution in [0.15, 0.2) is 66.9 Å². The van der Waals surface area contributed by atoms with E-state index >= 15 is 0 Å². The van der Waals surface area contributed by atoms with Gasteiger partial charge in [-0.3, -0.25) is 9.10 Å². The van der Waals surface area contributed by atoms with E-state index in [0.29, 0.717) is 4.31 Å². The molecule has 54 heavy (non-hydrogen) atoms. The molecule has 300 valence electrons. The lowest BCUT2D eigenvalue weighted by Crippen LogP contribution is -2.38. The Morgan fingerprint density at radius 2 is 1.41 bits per heavy atom. The number of rotatable bonds is 9. The Morgan fingerprint density at radius 1 is 0.870 bits per heavy atom. The van der Waals surface area contributed by atoms with Gasteiger partial charge in [-0.1, -0.05) is 25.6 Å². The van der Waals surface area contributed by atoms with Gasteiger partial charge in [-0.05, 0) is 36.4 Å². The number of para-hydroxylation sites is 1. The molecule has 0 spiro atoms. The van der Waals surface area contributed by atoms with Gasteiger partial charge in [0.2, 0.25) is 10.0 Å². The highest BCUT2D eigenvalue weighted by molar-refractivity contribution is 8.15. The van der Waals surface area contributed by atoms with Crippen LogP contribution in [0.5, 0.6) is 5.75 Å². The summed E-state index contributed by atoms with van der Waals surface area (Å²) in [5.74, 6) is -2.37. The van der Waals surface area contributed by atoms with Crippen LogP contribution in [0.3, 0.4) is 0 Å². The normalized spacial score (nSPS) is 12.6. The van der Waals surface area contributed by atoms with Crippen LogP contribution in [0.1, 0.15) is 17.8 Å². The number of anilines is 2. The standard InChI is InChI=1S/C18H16F4N4O6S2.C8H5F6NO2S2.CH4/c1-23-17(27)15-12-8-14(32-34(30,31)18(20,21)22)13(25(2)33(3,28)29)9-26(12)24-16(15)10-4-6-11(19)7-5-10;9-7(10,11)18-15(6-4-2-1-3-5-6)19(16,17)8(12,13)14;/h4-9H,1-3H3,(H,23,27);1-5H;1H4. The zero-order valence-corrected chi connectivity index (χ0v) is 29.6. The van der Waals surface area contributed by atoms with Crippen LogP contribution in [0.2, 0.25) is 0 Å². The van der Waals surface area contributed by atoms with Gasteiger partial charge in [0.1, 0.15) is 17.2 Å². The molecule has 0 radical (unpaired) electrons. The molecule has 0 fully saturated rings. The molecule has 2 aromatic heterocycles. The number of aromatic nitrogens is 2. The number of hydrogen-bond acceptors (Lipinski definition) is 10. The maximum absolute atomic E-state index is 13.4. The summed E-state index contributed by atoms with van der Waals surface area (Å²) in [7, 11) is -14.2. The number of benzene rings is 2. The number of sulfonamides is 2. The molecule has 0 atom stereocenters. The summed E-state index contributed by atoms with van der Waals surface area (Å²) < 4.78 is 200. The number of alkyl halides is 9. The van der Waals surface area contributed by atoms with Crippen molar-refractivity contribution < 1.29 is 78.1 Å². The number of halogens is 10. The Balaban J connectivity index is 0.000000430. The molecule has 1 amide bonds. The van der Waals surface area contributed by atoms with Crippen molar-refractivity contribution >= 4 is 64.9 Å². The van der Waals surface area contributed by atoms with Crippen LogP contribution in [0.25, 0.3) is 16.8 Å². The number of carbonyl (C=O) groups is 1. The van der Waals surface area contributed by atoms with Crippen LogP contribution < -0.4 is 17.5 Å².